The van der Waals surface area contributed by atoms with Crippen molar-refractivity contribution in [2.45, 2.75) is 19.8 Å². The van der Waals surface area contributed by atoms with E-state index in [1.54, 1.807) is 30.3 Å². The third-order valence-electron chi connectivity index (χ3n) is 4.29. The lowest BCUT2D eigenvalue weighted by atomic mass is 10.1. The molecular weight excluding hydrogens is 398 g/mol. The van der Waals surface area contributed by atoms with Crippen molar-refractivity contribution in [1.82, 2.24) is 4.90 Å². The molecular formula is C20H18BrNO4. The van der Waals surface area contributed by atoms with Crippen LogP contribution in [0.25, 0.3) is 0 Å². The lowest BCUT2D eigenvalue weighted by molar-refractivity contribution is 0.0482. The quantitative estimate of drug-likeness (QED) is 0.408. The van der Waals surface area contributed by atoms with Gasteiger partial charge in [-0.05, 0) is 48.7 Å². The number of amides is 2. The van der Waals surface area contributed by atoms with Crippen LogP contribution in [-0.2, 0) is 11.2 Å². The third kappa shape index (κ3) is 3.70. The van der Waals surface area contributed by atoms with Crippen LogP contribution >= 0.6 is 15.9 Å². The highest BCUT2D eigenvalue weighted by atomic mass is 79.9. The Bertz CT molecular complexity index is 861. The number of rotatable bonds is 6. The second-order valence-electron chi connectivity index (χ2n) is 5.99. The van der Waals surface area contributed by atoms with E-state index >= 15 is 0 Å². The number of imide groups is 1. The molecule has 2 aromatic rings. The molecule has 2 aromatic carbocycles. The van der Waals surface area contributed by atoms with Crippen molar-refractivity contribution in [3.8, 4) is 0 Å². The van der Waals surface area contributed by atoms with Crippen molar-refractivity contribution >= 4 is 33.7 Å². The first-order valence-electron chi connectivity index (χ1n) is 8.43. The minimum absolute atomic E-state index is 0.144. The van der Waals surface area contributed by atoms with Gasteiger partial charge in [0.15, 0.2) is 0 Å². The largest absolute Gasteiger partial charge is 0.462 e. The van der Waals surface area contributed by atoms with Crippen molar-refractivity contribution in [1.29, 1.82) is 0 Å². The molecule has 3 rings (SSSR count). The number of ether oxygens (including phenoxy) is 1. The second kappa shape index (κ2) is 7.83. The molecule has 0 N–H and O–H groups in total. The molecule has 0 aliphatic carbocycles. The Balaban J connectivity index is 1.51. The Morgan fingerprint density at radius 2 is 1.73 bits per heavy atom. The molecule has 0 bridgehead atoms. The fraction of sp³-hybridized carbons (Fsp3) is 0.250. The fourth-order valence-electron chi connectivity index (χ4n) is 2.81. The van der Waals surface area contributed by atoms with Gasteiger partial charge in [0.25, 0.3) is 11.8 Å². The normalized spacial score (nSPS) is 13.1. The zero-order valence-electron chi connectivity index (χ0n) is 14.3. The first-order valence-corrected chi connectivity index (χ1v) is 9.22. The summed E-state index contributed by atoms with van der Waals surface area (Å²) in [7, 11) is 0. The molecule has 1 aliphatic rings. The number of esters is 1. The van der Waals surface area contributed by atoms with E-state index in [-0.39, 0.29) is 25.0 Å². The first kappa shape index (κ1) is 18.3. The van der Waals surface area contributed by atoms with Gasteiger partial charge >= 0.3 is 5.97 Å². The van der Waals surface area contributed by atoms with Crippen LogP contribution in [0.2, 0.25) is 0 Å². The molecule has 0 saturated heterocycles. The molecule has 0 fully saturated rings. The number of nitrogens with zero attached hydrogens (tertiary/aromatic N) is 1. The zero-order chi connectivity index (χ0) is 18.7. The van der Waals surface area contributed by atoms with Crippen LogP contribution in [0.5, 0.6) is 0 Å². The molecule has 0 unspecified atom stereocenters. The number of carbonyl (C=O) groups is 3. The minimum atomic E-state index is -0.404. The maximum atomic E-state index is 12.3. The van der Waals surface area contributed by atoms with Crippen LogP contribution in [0.15, 0.2) is 46.9 Å². The predicted octanol–water partition coefficient (Wildman–Crippen LogP) is 3.85. The van der Waals surface area contributed by atoms with Crippen molar-refractivity contribution in [2.24, 2.45) is 0 Å². The van der Waals surface area contributed by atoms with E-state index < -0.39 is 5.97 Å². The smallest absolute Gasteiger partial charge is 0.338 e. The molecule has 1 aliphatic heterocycles. The van der Waals surface area contributed by atoms with E-state index in [2.05, 4.69) is 15.9 Å². The summed E-state index contributed by atoms with van der Waals surface area (Å²) in [5.74, 6) is -1.02. The van der Waals surface area contributed by atoms with E-state index in [0.717, 1.165) is 16.5 Å². The second-order valence-corrected chi connectivity index (χ2v) is 6.91. The lowest BCUT2D eigenvalue weighted by Crippen LogP contribution is -2.31. The Labute approximate surface area is 160 Å². The Morgan fingerprint density at radius 3 is 2.42 bits per heavy atom. The fourth-order valence-corrected chi connectivity index (χ4v) is 3.17. The van der Waals surface area contributed by atoms with E-state index in [0.29, 0.717) is 23.1 Å². The topological polar surface area (TPSA) is 63.7 Å². The average molecular weight is 416 g/mol. The summed E-state index contributed by atoms with van der Waals surface area (Å²) in [6, 6.07) is 12.3. The van der Waals surface area contributed by atoms with E-state index in [9.17, 15) is 14.4 Å². The summed E-state index contributed by atoms with van der Waals surface area (Å²) in [6.07, 6.45) is 1.30. The number of benzene rings is 2. The van der Waals surface area contributed by atoms with Crippen molar-refractivity contribution < 1.29 is 19.1 Å². The highest BCUT2D eigenvalue weighted by Gasteiger charge is 2.35. The van der Waals surface area contributed by atoms with Gasteiger partial charge in [-0.3, -0.25) is 14.5 Å². The maximum absolute atomic E-state index is 12.3. The summed E-state index contributed by atoms with van der Waals surface area (Å²) in [5.41, 5.74) is 2.45. The summed E-state index contributed by atoms with van der Waals surface area (Å²) in [4.78, 5) is 37.9. The predicted molar refractivity (Wildman–Crippen MR) is 100 cm³/mol. The SMILES string of the molecule is CCc1ccc(C(=O)OCCCN2C(=O)c3ccc(Br)cc3C2=O)cc1. The van der Waals surface area contributed by atoms with Crippen molar-refractivity contribution in [3.63, 3.8) is 0 Å². The van der Waals surface area contributed by atoms with Gasteiger partial charge in [0.1, 0.15) is 0 Å². The number of hydrogen-bond donors (Lipinski definition) is 0. The molecule has 0 aromatic heterocycles. The van der Waals surface area contributed by atoms with Crippen molar-refractivity contribution in [2.75, 3.05) is 13.2 Å². The number of aryl methyl sites for hydroxylation is 1. The highest BCUT2D eigenvalue weighted by Crippen LogP contribution is 2.26. The van der Waals surface area contributed by atoms with Crippen LogP contribution in [0, 0.1) is 0 Å². The van der Waals surface area contributed by atoms with Crippen LogP contribution in [0.4, 0.5) is 0 Å². The molecule has 0 saturated carbocycles. The molecule has 26 heavy (non-hydrogen) atoms. The molecule has 0 spiro atoms. The number of halogens is 1. The summed E-state index contributed by atoms with van der Waals surface area (Å²) in [5, 5.41) is 0. The van der Waals surface area contributed by atoms with Crippen LogP contribution in [-0.4, -0.2) is 35.8 Å². The molecule has 0 radical (unpaired) electrons. The summed E-state index contributed by atoms with van der Waals surface area (Å²) in [6.45, 7) is 2.41. The third-order valence-corrected chi connectivity index (χ3v) is 4.78. The average Bonchev–Trinajstić information content (AvgIpc) is 2.89. The molecule has 0 atom stereocenters. The van der Waals surface area contributed by atoms with Crippen LogP contribution < -0.4 is 0 Å². The van der Waals surface area contributed by atoms with Gasteiger partial charge in [-0.25, -0.2) is 4.79 Å². The Hall–Kier alpha value is -2.47. The highest BCUT2D eigenvalue weighted by molar-refractivity contribution is 9.10. The summed E-state index contributed by atoms with van der Waals surface area (Å²) >= 11 is 3.30. The Morgan fingerprint density at radius 1 is 1.04 bits per heavy atom. The number of carbonyl (C=O) groups excluding carboxylic acids is 3. The van der Waals surface area contributed by atoms with E-state index in [1.807, 2.05) is 19.1 Å². The lowest BCUT2D eigenvalue weighted by Gasteiger charge is -2.13. The summed E-state index contributed by atoms with van der Waals surface area (Å²) < 4.78 is 5.98. The van der Waals surface area contributed by atoms with Gasteiger partial charge in [-0.2, -0.15) is 0 Å². The van der Waals surface area contributed by atoms with E-state index in [4.69, 9.17) is 4.74 Å². The minimum Gasteiger partial charge on any atom is -0.462 e. The first-order chi connectivity index (χ1) is 12.5. The molecule has 1 heterocycles. The molecule has 5 nitrogen and oxygen atoms in total. The van der Waals surface area contributed by atoms with Crippen LogP contribution in [0.1, 0.15) is 50.0 Å². The van der Waals surface area contributed by atoms with Gasteiger partial charge in [-0.1, -0.05) is 35.0 Å². The number of fused-ring (bicyclic) bond motifs is 1. The Kier molecular flexibility index (Phi) is 5.52. The van der Waals surface area contributed by atoms with Gasteiger partial charge in [0.2, 0.25) is 0 Å². The maximum Gasteiger partial charge on any atom is 0.338 e. The molecule has 2 amide bonds. The van der Waals surface area contributed by atoms with Gasteiger partial charge in [0.05, 0.1) is 23.3 Å². The monoisotopic (exact) mass is 415 g/mol. The van der Waals surface area contributed by atoms with Gasteiger partial charge in [-0.15, -0.1) is 0 Å². The van der Waals surface area contributed by atoms with E-state index in [1.165, 1.54) is 4.90 Å². The van der Waals surface area contributed by atoms with Gasteiger partial charge in [0, 0.05) is 11.0 Å². The van der Waals surface area contributed by atoms with Gasteiger partial charge < -0.3 is 4.74 Å². The van der Waals surface area contributed by atoms with Crippen molar-refractivity contribution in [3.05, 3.63) is 69.2 Å². The van der Waals surface area contributed by atoms with Crippen LogP contribution in [0.3, 0.4) is 0 Å². The molecule has 6 heteroatoms. The zero-order valence-corrected chi connectivity index (χ0v) is 15.9. The molecule has 134 valence electrons. The number of hydrogen-bond acceptors (Lipinski definition) is 4. The standard InChI is InChI=1S/C20H18BrNO4/c1-2-13-4-6-14(7-5-13)20(25)26-11-3-10-22-18(23)16-9-8-15(21)12-17(16)19(22)24/h4-9,12H,2-3,10-11H2,1H3.